The van der Waals surface area contributed by atoms with Crippen LogP contribution in [0.5, 0.6) is 0 Å². The average Bonchev–Trinajstić information content (AvgIpc) is 3.74. The molecule has 3 aromatic heterocycles. The molecular formula is C46H30N4O. The fourth-order valence-corrected chi connectivity index (χ4v) is 7.25. The second kappa shape index (κ2) is 11.6. The monoisotopic (exact) mass is 654 g/mol. The number of benzene rings is 7. The van der Waals surface area contributed by atoms with Gasteiger partial charge in [0.15, 0.2) is 17.5 Å². The molecule has 0 aliphatic rings. The van der Waals surface area contributed by atoms with Crippen LogP contribution >= 0.6 is 0 Å². The summed E-state index contributed by atoms with van der Waals surface area (Å²) in [7, 11) is 0. The summed E-state index contributed by atoms with van der Waals surface area (Å²) in [5.41, 5.74) is 11.4. The van der Waals surface area contributed by atoms with E-state index in [0.29, 0.717) is 17.5 Å². The fraction of sp³-hybridized carbons (Fsp3) is 0.0217. The number of hydrogen-bond donors (Lipinski definition) is 0. The molecule has 0 bridgehead atoms. The standard InChI is InChI=1S/C46H30N4O/c1-29-19-23-34(24-20-29)50-39-17-9-8-15-35(39)37-27-32(21-25-40(37)50)33-22-26-41-38(28-33)43-36(16-10-18-42(43)51-41)46-48-44(30-11-4-2-5-12-30)47-45(49-46)31-13-6-3-7-14-31/h2-28H,1H3. The molecule has 5 nitrogen and oxygen atoms in total. The van der Waals surface area contributed by atoms with E-state index in [9.17, 15) is 0 Å². The third-order valence-electron chi connectivity index (χ3n) is 9.73. The lowest BCUT2D eigenvalue weighted by Gasteiger charge is -2.09. The van der Waals surface area contributed by atoms with E-state index >= 15 is 0 Å². The Morgan fingerprint density at radius 3 is 1.76 bits per heavy atom. The zero-order valence-corrected chi connectivity index (χ0v) is 27.8. The van der Waals surface area contributed by atoms with Crippen molar-refractivity contribution < 1.29 is 4.42 Å². The molecule has 0 aliphatic heterocycles. The third kappa shape index (κ3) is 4.90. The first-order chi connectivity index (χ1) is 25.2. The van der Waals surface area contributed by atoms with Gasteiger partial charge < -0.3 is 8.98 Å². The second-order valence-electron chi connectivity index (χ2n) is 13.0. The van der Waals surface area contributed by atoms with Crippen LogP contribution < -0.4 is 0 Å². The second-order valence-corrected chi connectivity index (χ2v) is 13.0. The topological polar surface area (TPSA) is 56.7 Å². The van der Waals surface area contributed by atoms with Gasteiger partial charge in [-0.1, -0.05) is 121 Å². The van der Waals surface area contributed by atoms with Crippen molar-refractivity contribution in [2.45, 2.75) is 6.92 Å². The Balaban J connectivity index is 1.16. The molecule has 0 saturated carbocycles. The van der Waals surface area contributed by atoms with Crippen molar-refractivity contribution >= 4 is 43.7 Å². The number of aromatic nitrogens is 4. The van der Waals surface area contributed by atoms with Gasteiger partial charge in [0.2, 0.25) is 0 Å². The van der Waals surface area contributed by atoms with Crippen LogP contribution in [-0.2, 0) is 0 Å². The molecule has 240 valence electrons. The zero-order valence-electron chi connectivity index (χ0n) is 27.8. The highest BCUT2D eigenvalue weighted by atomic mass is 16.3. The van der Waals surface area contributed by atoms with Crippen LogP contribution in [0.2, 0.25) is 0 Å². The van der Waals surface area contributed by atoms with E-state index in [2.05, 4.69) is 102 Å². The minimum Gasteiger partial charge on any atom is -0.456 e. The Hall–Kier alpha value is -6.85. The van der Waals surface area contributed by atoms with Crippen LogP contribution in [0.25, 0.3) is 94.7 Å². The maximum absolute atomic E-state index is 6.45. The van der Waals surface area contributed by atoms with Crippen molar-refractivity contribution in [3.63, 3.8) is 0 Å². The van der Waals surface area contributed by atoms with Gasteiger partial charge in [-0.2, -0.15) is 0 Å². The maximum Gasteiger partial charge on any atom is 0.164 e. The lowest BCUT2D eigenvalue weighted by molar-refractivity contribution is 0.669. The first kappa shape index (κ1) is 29.1. The van der Waals surface area contributed by atoms with Crippen LogP contribution in [0.4, 0.5) is 0 Å². The zero-order chi connectivity index (χ0) is 33.9. The fourth-order valence-electron chi connectivity index (χ4n) is 7.25. The first-order valence-corrected chi connectivity index (χ1v) is 17.1. The van der Waals surface area contributed by atoms with Gasteiger partial charge in [0, 0.05) is 43.9 Å². The maximum atomic E-state index is 6.45. The molecule has 0 fully saturated rings. The van der Waals surface area contributed by atoms with Gasteiger partial charge in [0.1, 0.15) is 11.2 Å². The molecule has 0 amide bonds. The van der Waals surface area contributed by atoms with Crippen LogP contribution in [0.1, 0.15) is 5.56 Å². The van der Waals surface area contributed by atoms with Crippen LogP contribution in [0.3, 0.4) is 0 Å². The molecule has 51 heavy (non-hydrogen) atoms. The highest BCUT2D eigenvalue weighted by Crippen LogP contribution is 2.40. The molecule has 0 unspecified atom stereocenters. The van der Waals surface area contributed by atoms with Crippen molar-refractivity contribution in [3.8, 4) is 51.0 Å². The number of furan rings is 1. The number of fused-ring (bicyclic) bond motifs is 6. The molecule has 0 N–H and O–H groups in total. The molecule has 3 heterocycles. The van der Waals surface area contributed by atoms with Gasteiger partial charge in [0.25, 0.3) is 0 Å². The minimum absolute atomic E-state index is 0.603. The molecule has 0 radical (unpaired) electrons. The predicted molar refractivity (Wildman–Crippen MR) is 208 cm³/mol. The van der Waals surface area contributed by atoms with Crippen molar-refractivity contribution in [2.24, 2.45) is 0 Å². The highest BCUT2D eigenvalue weighted by Gasteiger charge is 2.19. The molecule has 0 atom stereocenters. The first-order valence-electron chi connectivity index (χ1n) is 17.1. The largest absolute Gasteiger partial charge is 0.456 e. The Morgan fingerprint density at radius 1 is 0.431 bits per heavy atom. The van der Waals surface area contributed by atoms with E-state index in [1.54, 1.807) is 0 Å². The Kier molecular flexibility index (Phi) is 6.64. The lowest BCUT2D eigenvalue weighted by atomic mass is 9.99. The molecule has 0 spiro atoms. The minimum atomic E-state index is 0.603. The summed E-state index contributed by atoms with van der Waals surface area (Å²) in [4.78, 5) is 15.0. The Labute approximate surface area is 294 Å². The van der Waals surface area contributed by atoms with Crippen LogP contribution in [0, 0.1) is 6.92 Å². The van der Waals surface area contributed by atoms with Crippen molar-refractivity contribution in [2.75, 3.05) is 0 Å². The van der Waals surface area contributed by atoms with E-state index in [-0.39, 0.29) is 0 Å². The summed E-state index contributed by atoms with van der Waals surface area (Å²) < 4.78 is 8.81. The van der Waals surface area contributed by atoms with E-state index in [4.69, 9.17) is 19.4 Å². The average molecular weight is 655 g/mol. The molecule has 5 heteroatoms. The number of aryl methyl sites for hydroxylation is 1. The molecule has 0 aliphatic carbocycles. The number of hydrogen-bond acceptors (Lipinski definition) is 4. The predicted octanol–water partition coefficient (Wildman–Crippen LogP) is 11.8. The van der Waals surface area contributed by atoms with Gasteiger partial charge in [-0.05, 0) is 66.6 Å². The summed E-state index contributed by atoms with van der Waals surface area (Å²) >= 11 is 0. The van der Waals surface area contributed by atoms with E-state index in [1.165, 1.54) is 27.4 Å². The summed E-state index contributed by atoms with van der Waals surface area (Å²) in [5.74, 6) is 1.86. The molecular weight excluding hydrogens is 625 g/mol. The van der Waals surface area contributed by atoms with Gasteiger partial charge in [-0.25, -0.2) is 15.0 Å². The van der Waals surface area contributed by atoms with Gasteiger partial charge in [-0.15, -0.1) is 0 Å². The Bertz CT molecular complexity index is 2850. The summed E-state index contributed by atoms with van der Waals surface area (Å²) in [6, 6.07) is 56.9. The van der Waals surface area contributed by atoms with Gasteiger partial charge in [0.05, 0.1) is 11.0 Å². The SMILES string of the molecule is Cc1ccc(-n2c3ccccc3c3cc(-c4ccc5oc6cccc(-c7nc(-c8ccccc8)nc(-c8ccccc8)n7)c6c5c4)ccc32)cc1. The van der Waals surface area contributed by atoms with Crippen LogP contribution in [-0.4, -0.2) is 19.5 Å². The van der Waals surface area contributed by atoms with Crippen LogP contribution in [0.15, 0.2) is 168 Å². The van der Waals surface area contributed by atoms with Gasteiger partial charge in [-0.3, -0.25) is 0 Å². The van der Waals surface area contributed by atoms with Crippen molar-refractivity contribution in [1.82, 2.24) is 19.5 Å². The molecule has 10 rings (SSSR count). The quantitative estimate of drug-likeness (QED) is 0.185. The number of nitrogens with zero attached hydrogens (tertiary/aromatic N) is 4. The molecule has 10 aromatic rings. The summed E-state index contributed by atoms with van der Waals surface area (Å²) in [6.45, 7) is 2.12. The van der Waals surface area contributed by atoms with Crippen molar-refractivity contribution in [1.29, 1.82) is 0 Å². The summed E-state index contributed by atoms with van der Waals surface area (Å²) in [5, 5.41) is 4.44. The number of rotatable bonds is 5. The molecule has 7 aromatic carbocycles. The van der Waals surface area contributed by atoms with E-state index < -0.39 is 0 Å². The smallest absolute Gasteiger partial charge is 0.164 e. The van der Waals surface area contributed by atoms with Gasteiger partial charge >= 0.3 is 0 Å². The van der Waals surface area contributed by atoms with E-state index in [1.807, 2.05) is 72.8 Å². The normalized spacial score (nSPS) is 11.6. The Morgan fingerprint density at radius 2 is 1.04 bits per heavy atom. The summed E-state index contributed by atoms with van der Waals surface area (Å²) in [6.07, 6.45) is 0. The molecule has 0 saturated heterocycles. The van der Waals surface area contributed by atoms with Crippen molar-refractivity contribution in [3.05, 3.63) is 169 Å². The van der Waals surface area contributed by atoms with E-state index in [0.717, 1.165) is 55.4 Å². The number of para-hydroxylation sites is 1. The highest BCUT2D eigenvalue weighted by molar-refractivity contribution is 6.14. The third-order valence-corrected chi connectivity index (χ3v) is 9.73. The lowest BCUT2D eigenvalue weighted by Crippen LogP contribution is -2.00.